The summed E-state index contributed by atoms with van der Waals surface area (Å²) in [5.41, 5.74) is 1.51. The molecule has 37 heavy (non-hydrogen) atoms. The first-order valence-corrected chi connectivity index (χ1v) is 12.2. The van der Waals surface area contributed by atoms with Gasteiger partial charge in [0.2, 0.25) is 0 Å². The normalized spacial score (nSPS) is 16.1. The van der Waals surface area contributed by atoms with Crippen LogP contribution in [0.15, 0.2) is 66.7 Å². The molecule has 0 amide bonds. The third-order valence-electron chi connectivity index (χ3n) is 5.81. The topological polar surface area (TPSA) is 92.7 Å². The molecule has 3 aromatic rings. The van der Waals surface area contributed by atoms with Gasteiger partial charge in [-0.05, 0) is 43.7 Å². The molecule has 1 N–H and O–H groups in total. The van der Waals surface area contributed by atoms with Crippen LogP contribution in [-0.4, -0.2) is 57.3 Å². The Kier molecular flexibility index (Phi) is 8.87. The predicted molar refractivity (Wildman–Crippen MR) is 137 cm³/mol. The van der Waals surface area contributed by atoms with Crippen molar-refractivity contribution in [1.29, 1.82) is 0 Å². The number of hydrogen-bond donors (Lipinski definition) is 1. The molecule has 0 saturated carbocycles. The van der Waals surface area contributed by atoms with Crippen LogP contribution in [0.3, 0.4) is 0 Å². The summed E-state index contributed by atoms with van der Waals surface area (Å²) in [4.78, 5) is 11.6. The second-order valence-electron chi connectivity index (χ2n) is 8.83. The molecule has 1 aliphatic rings. The number of rotatable bonds is 4. The first-order valence-electron chi connectivity index (χ1n) is 12.2. The van der Waals surface area contributed by atoms with E-state index in [9.17, 15) is 9.90 Å². The summed E-state index contributed by atoms with van der Waals surface area (Å²) in [6.45, 7) is 4.79. The van der Waals surface area contributed by atoms with Gasteiger partial charge in [0.25, 0.3) is 0 Å². The molecule has 8 heteroatoms. The van der Waals surface area contributed by atoms with Gasteiger partial charge in [-0.25, -0.2) is 4.79 Å². The van der Waals surface area contributed by atoms with E-state index < -0.39 is 18.2 Å². The zero-order chi connectivity index (χ0) is 26.1. The van der Waals surface area contributed by atoms with Crippen molar-refractivity contribution in [3.8, 4) is 23.0 Å². The summed E-state index contributed by atoms with van der Waals surface area (Å²) < 4.78 is 36.1. The van der Waals surface area contributed by atoms with Gasteiger partial charge in [-0.1, -0.05) is 53.6 Å². The molecule has 0 spiro atoms. The zero-order valence-electron chi connectivity index (χ0n) is 21.1. The number of benzene rings is 3. The number of fused-ring (bicyclic) bond motifs is 2. The molecule has 0 aromatic heterocycles. The molecule has 1 aliphatic heterocycles. The van der Waals surface area contributed by atoms with E-state index in [0.29, 0.717) is 49.4 Å². The number of hydrogen-bond acceptors (Lipinski definition) is 7. The summed E-state index contributed by atoms with van der Waals surface area (Å²) >= 11 is 0. The summed E-state index contributed by atoms with van der Waals surface area (Å²) in [6, 6.07) is 20.6. The van der Waals surface area contributed by atoms with Crippen molar-refractivity contribution < 1.29 is 38.3 Å². The van der Waals surface area contributed by atoms with Crippen LogP contribution in [0.4, 0.5) is 0 Å². The number of ether oxygens (including phenoxy) is 6. The summed E-state index contributed by atoms with van der Waals surface area (Å²) in [5, 5.41) is 9.51. The van der Waals surface area contributed by atoms with Gasteiger partial charge in [-0.3, -0.25) is 0 Å². The van der Waals surface area contributed by atoms with E-state index in [0.717, 1.165) is 16.7 Å². The van der Waals surface area contributed by atoms with Gasteiger partial charge in [-0.2, -0.15) is 0 Å². The van der Waals surface area contributed by atoms with E-state index in [1.807, 2.05) is 68.4 Å². The van der Waals surface area contributed by atoms with E-state index in [-0.39, 0.29) is 13.2 Å². The average Bonchev–Trinajstić information content (AvgIpc) is 2.88. The van der Waals surface area contributed by atoms with Crippen molar-refractivity contribution >= 4 is 5.97 Å². The highest BCUT2D eigenvalue weighted by atomic mass is 16.6. The van der Waals surface area contributed by atoms with Gasteiger partial charge in [0.05, 0.1) is 13.2 Å². The first-order chi connectivity index (χ1) is 17.9. The lowest BCUT2D eigenvalue weighted by molar-refractivity contribution is -0.157. The number of carbonyl (C=O) groups is 1. The molecular formula is C29H32O8. The Morgan fingerprint density at radius 1 is 0.757 bits per heavy atom. The number of carboxylic acids is 1. The maximum atomic E-state index is 11.6. The van der Waals surface area contributed by atoms with Crippen LogP contribution < -0.4 is 18.9 Å². The summed E-state index contributed by atoms with van der Waals surface area (Å²) in [6.07, 6.45) is 0. The first kappa shape index (κ1) is 26.3. The van der Waals surface area contributed by atoms with Crippen LogP contribution in [0.1, 0.15) is 16.7 Å². The molecule has 0 saturated heterocycles. The third-order valence-corrected chi connectivity index (χ3v) is 5.81. The largest absolute Gasteiger partial charge is 0.487 e. The molecule has 196 valence electrons. The minimum Gasteiger partial charge on any atom is -0.487 e. The fourth-order valence-electron chi connectivity index (χ4n) is 4.10. The highest BCUT2D eigenvalue weighted by Crippen LogP contribution is 2.35. The highest BCUT2D eigenvalue weighted by molar-refractivity contribution is 5.68. The second kappa shape index (κ2) is 12.5. The fourth-order valence-corrected chi connectivity index (χ4v) is 4.10. The van der Waals surface area contributed by atoms with Crippen LogP contribution >= 0.6 is 0 Å². The quantitative estimate of drug-likeness (QED) is 0.549. The smallest absolute Gasteiger partial charge is 0.329 e. The maximum Gasteiger partial charge on any atom is 0.329 e. The van der Waals surface area contributed by atoms with Crippen LogP contribution in [0.2, 0.25) is 0 Å². The summed E-state index contributed by atoms with van der Waals surface area (Å²) in [7, 11) is 0. The van der Waals surface area contributed by atoms with Crippen molar-refractivity contribution in [2.24, 2.45) is 0 Å². The zero-order valence-corrected chi connectivity index (χ0v) is 21.1. The van der Waals surface area contributed by atoms with E-state index in [4.69, 9.17) is 28.4 Å². The van der Waals surface area contributed by atoms with E-state index in [1.165, 1.54) is 0 Å². The van der Waals surface area contributed by atoms with E-state index in [1.54, 1.807) is 12.1 Å². The Morgan fingerprint density at radius 2 is 1.22 bits per heavy atom. The molecule has 0 bridgehead atoms. The standard InChI is InChI=1S/C29H32O8/c1-21-15-22(2)17-23(16-21)29(37-18-28(30)31)19-35-26-9-5-3-7-24(26)33-13-11-32-12-14-34-25-8-4-6-10-27(25)36-20-29/h3-10,15-17H,11-14,18-20H2,1-2H3,(H,30,31). The molecule has 1 heterocycles. The molecule has 0 fully saturated rings. The average molecular weight is 509 g/mol. The van der Waals surface area contributed by atoms with Crippen molar-refractivity contribution in [3.05, 3.63) is 83.4 Å². The Bertz CT molecular complexity index is 1120. The van der Waals surface area contributed by atoms with Gasteiger partial charge in [0.15, 0.2) is 28.6 Å². The Hall–Kier alpha value is -3.75. The van der Waals surface area contributed by atoms with Crippen molar-refractivity contribution in [2.75, 3.05) is 46.2 Å². The molecule has 0 atom stereocenters. The lowest BCUT2D eigenvalue weighted by Crippen LogP contribution is -2.43. The Morgan fingerprint density at radius 3 is 1.68 bits per heavy atom. The molecular weight excluding hydrogens is 476 g/mol. The molecule has 0 radical (unpaired) electrons. The second-order valence-corrected chi connectivity index (χ2v) is 8.83. The Labute approximate surface area is 216 Å². The third kappa shape index (κ3) is 7.15. The van der Waals surface area contributed by atoms with Crippen LogP contribution in [0.25, 0.3) is 0 Å². The number of para-hydroxylation sites is 4. The van der Waals surface area contributed by atoms with Gasteiger partial charge >= 0.3 is 5.97 Å². The lowest BCUT2D eigenvalue weighted by atomic mass is 9.92. The van der Waals surface area contributed by atoms with Gasteiger partial charge in [0, 0.05) is 0 Å². The highest BCUT2D eigenvalue weighted by Gasteiger charge is 2.38. The molecule has 0 aliphatic carbocycles. The van der Waals surface area contributed by atoms with Gasteiger partial charge < -0.3 is 33.5 Å². The number of carboxylic acid groups (broad SMARTS) is 1. The lowest BCUT2D eigenvalue weighted by Gasteiger charge is -2.34. The minimum atomic E-state index is -1.25. The monoisotopic (exact) mass is 508 g/mol. The van der Waals surface area contributed by atoms with Crippen LogP contribution in [0.5, 0.6) is 23.0 Å². The Balaban J connectivity index is 1.76. The van der Waals surface area contributed by atoms with Crippen molar-refractivity contribution in [1.82, 2.24) is 0 Å². The SMILES string of the molecule is Cc1cc(C)cc(C2(OCC(=O)O)COc3ccccc3OCCOCCOc3ccccc3OC2)c1. The van der Waals surface area contributed by atoms with Crippen molar-refractivity contribution in [3.63, 3.8) is 0 Å². The minimum absolute atomic E-state index is 0.0247. The molecule has 4 rings (SSSR count). The van der Waals surface area contributed by atoms with Gasteiger partial charge in [0.1, 0.15) is 33.0 Å². The van der Waals surface area contributed by atoms with Crippen LogP contribution in [-0.2, 0) is 19.9 Å². The van der Waals surface area contributed by atoms with E-state index >= 15 is 0 Å². The predicted octanol–water partition coefficient (Wildman–Crippen LogP) is 4.55. The fraction of sp³-hybridized carbons (Fsp3) is 0.345. The van der Waals surface area contributed by atoms with Crippen molar-refractivity contribution in [2.45, 2.75) is 19.4 Å². The number of aliphatic carboxylic acids is 1. The number of aryl methyl sites for hydroxylation is 2. The summed E-state index contributed by atoms with van der Waals surface area (Å²) in [5.74, 6) is 1.02. The maximum absolute atomic E-state index is 11.6. The van der Waals surface area contributed by atoms with Gasteiger partial charge in [-0.15, -0.1) is 0 Å². The van der Waals surface area contributed by atoms with E-state index in [2.05, 4.69) is 0 Å². The molecule has 3 aromatic carbocycles. The molecule has 8 nitrogen and oxygen atoms in total. The molecule has 0 unspecified atom stereocenters. The van der Waals surface area contributed by atoms with Crippen LogP contribution in [0, 0.1) is 13.8 Å².